The number of hydrogen-bond acceptors (Lipinski definition) is 7. The Morgan fingerprint density at radius 2 is 1.87 bits per heavy atom. The summed E-state index contributed by atoms with van der Waals surface area (Å²) in [6.07, 6.45) is 5.41. The van der Waals surface area contributed by atoms with E-state index < -0.39 is 6.10 Å². The van der Waals surface area contributed by atoms with Crippen molar-refractivity contribution >= 4 is 5.69 Å². The fraction of sp³-hybridized carbons (Fsp3) is 0.613. The maximum atomic E-state index is 10.9. The second-order valence-corrected chi connectivity index (χ2v) is 11.2. The van der Waals surface area contributed by atoms with E-state index in [2.05, 4.69) is 53.5 Å². The largest absolute Gasteiger partial charge is 0.490 e. The van der Waals surface area contributed by atoms with Crippen LogP contribution in [0, 0.1) is 5.92 Å². The molecule has 0 amide bonds. The molecule has 2 unspecified atom stereocenters. The van der Waals surface area contributed by atoms with Gasteiger partial charge in [0.05, 0.1) is 37.2 Å². The third kappa shape index (κ3) is 6.81. The van der Waals surface area contributed by atoms with Crippen LogP contribution in [0.5, 0.6) is 11.5 Å². The van der Waals surface area contributed by atoms with Gasteiger partial charge < -0.3 is 34.3 Å². The summed E-state index contributed by atoms with van der Waals surface area (Å²) in [6, 6.07) is 14.6. The number of nitrogens with one attached hydrogen (secondary N) is 1. The predicted molar refractivity (Wildman–Crippen MR) is 149 cm³/mol. The molecule has 5 rings (SSSR count). The lowest BCUT2D eigenvalue weighted by Crippen LogP contribution is -2.49. The lowest BCUT2D eigenvalue weighted by molar-refractivity contribution is -0.0328. The van der Waals surface area contributed by atoms with E-state index in [0.29, 0.717) is 32.4 Å². The van der Waals surface area contributed by atoms with Crippen molar-refractivity contribution < 1.29 is 24.1 Å². The molecule has 2 N–H and O–H groups in total. The number of hydrogen-bond donors (Lipinski definition) is 2. The zero-order chi connectivity index (χ0) is 26.3. The van der Waals surface area contributed by atoms with Crippen molar-refractivity contribution in [3.63, 3.8) is 0 Å². The molecule has 7 nitrogen and oxygen atoms in total. The molecule has 2 aromatic rings. The fourth-order valence-electron chi connectivity index (χ4n) is 6.03. The lowest BCUT2D eigenvalue weighted by Gasteiger charge is -2.36. The van der Waals surface area contributed by atoms with Crippen LogP contribution in [0.4, 0.5) is 5.69 Å². The van der Waals surface area contributed by atoms with E-state index in [-0.39, 0.29) is 12.0 Å². The first-order valence-electron chi connectivity index (χ1n) is 14.4. The van der Waals surface area contributed by atoms with Gasteiger partial charge in [-0.05, 0) is 73.4 Å². The van der Waals surface area contributed by atoms with E-state index in [9.17, 15) is 5.11 Å². The van der Waals surface area contributed by atoms with Gasteiger partial charge in [0.1, 0.15) is 18.1 Å². The number of rotatable bonds is 10. The molecule has 0 aromatic heterocycles. The first-order valence-corrected chi connectivity index (χ1v) is 14.4. The number of fused-ring (bicyclic) bond motifs is 1. The Balaban J connectivity index is 1.22. The van der Waals surface area contributed by atoms with Gasteiger partial charge >= 0.3 is 0 Å². The van der Waals surface area contributed by atoms with Crippen LogP contribution >= 0.6 is 0 Å². The Hall–Kier alpha value is -2.32. The molecular formula is C31H44N2O5. The summed E-state index contributed by atoms with van der Waals surface area (Å²) in [6.45, 7) is 7.35. The topological polar surface area (TPSA) is 72.4 Å². The molecule has 0 radical (unpaired) electrons. The Kier molecular flexibility index (Phi) is 9.44. The highest BCUT2D eigenvalue weighted by atomic mass is 16.5. The van der Waals surface area contributed by atoms with Crippen LogP contribution in [-0.2, 0) is 16.1 Å². The SMILES string of the molecule is COCCCN1CCOc2ccc(COC3CNCC(O)[C@@H]3c3ccc(OC4CCC(C)CC4)cc3)cc21. The monoisotopic (exact) mass is 524 g/mol. The summed E-state index contributed by atoms with van der Waals surface area (Å²) >= 11 is 0. The van der Waals surface area contributed by atoms with Gasteiger partial charge in [0.25, 0.3) is 0 Å². The molecule has 1 aliphatic carbocycles. The van der Waals surface area contributed by atoms with Gasteiger partial charge in [-0.1, -0.05) is 25.1 Å². The van der Waals surface area contributed by atoms with E-state index >= 15 is 0 Å². The van der Waals surface area contributed by atoms with Crippen LogP contribution in [-0.4, -0.2) is 69.9 Å². The number of ether oxygens (including phenoxy) is 4. The second-order valence-electron chi connectivity index (χ2n) is 11.2. The Morgan fingerprint density at radius 3 is 2.66 bits per heavy atom. The molecule has 3 atom stereocenters. The van der Waals surface area contributed by atoms with E-state index in [1.54, 1.807) is 7.11 Å². The summed E-state index contributed by atoms with van der Waals surface area (Å²) in [5.41, 5.74) is 3.32. The maximum absolute atomic E-state index is 10.9. The van der Waals surface area contributed by atoms with E-state index in [0.717, 1.165) is 73.2 Å². The molecule has 0 spiro atoms. The number of β-amino-alcohol motifs (C(OH)–C–C–N with tert-alkyl or cyclic N) is 1. The third-order valence-electron chi connectivity index (χ3n) is 8.27. The summed E-state index contributed by atoms with van der Waals surface area (Å²) in [5.74, 6) is 2.56. The minimum absolute atomic E-state index is 0.0904. The normalized spacial score (nSPS) is 27.4. The van der Waals surface area contributed by atoms with Crippen LogP contribution in [0.25, 0.3) is 0 Å². The molecule has 2 aromatic carbocycles. The van der Waals surface area contributed by atoms with Crippen molar-refractivity contribution in [2.75, 3.05) is 51.4 Å². The summed E-state index contributed by atoms with van der Waals surface area (Å²) < 4.78 is 23.9. The molecule has 1 saturated heterocycles. The first-order chi connectivity index (χ1) is 18.6. The van der Waals surface area contributed by atoms with Gasteiger partial charge in [-0.25, -0.2) is 0 Å². The van der Waals surface area contributed by atoms with Crippen molar-refractivity contribution in [3.8, 4) is 11.5 Å². The lowest BCUT2D eigenvalue weighted by atomic mass is 9.85. The van der Waals surface area contributed by atoms with Crippen LogP contribution in [0.1, 0.15) is 56.1 Å². The molecule has 208 valence electrons. The molecular weight excluding hydrogens is 480 g/mol. The number of aliphatic hydroxyl groups is 1. The maximum Gasteiger partial charge on any atom is 0.142 e. The number of nitrogens with zero attached hydrogens (tertiary/aromatic N) is 1. The highest BCUT2D eigenvalue weighted by Crippen LogP contribution is 2.35. The molecule has 7 heteroatoms. The minimum Gasteiger partial charge on any atom is -0.490 e. The number of anilines is 1. The Labute approximate surface area is 227 Å². The summed E-state index contributed by atoms with van der Waals surface area (Å²) in [4.78, 5) is 2.37. The highest BCUT2D eigenvalue weighted by molar-refractivity contribution is 5.61. The number of aliphatic hydroxyl groups excluding tert-OH is 1. The van der Waals surface area contributed by atoms with Gasteiger partial charge in [-0.2, -0.15) is 0 Å². The zero-order valence-corrected chi connectivity index (χ0v) is 22.9. The quantitative estimate of drug-likeness (QED) is 0.443. The molecule has 38 heavy (non-hydrogen) atoms. The third-order valence-corrected chi connectivity index (χ3v) is 8.27. The van der Waals surface area contributed by atoms with Gasteiger partial charge in [-0.15, -0.1) is 0 Å². The molecule has 3 aliphatic rings. The second kappa shape index (κ2) is 13.2. The summed E-state index contributed by atoms with van der Waals surface area (Å²) in [5, 5.41) is 14.3. The first kappa shape index (κ1) is 27.3. The average Bonchev–Trinajstić information content (AvgIpc) is 2.94. The molecule has 2 fully saturated rings. The highest BCUT2D eigenvalue weighted by Gasteiger charge is 2.34. The molecule has 0 bridgehead atoms. The van der Waals surface area contributed by atoms with Crippen LogP contribution in [0.15, 0.2) is 42.5 Å². The van der Waals surface area contributed by atoms with E-state index in [1.165, 1.54) is 12.8 Å². The van der Waals surface area contributed by atoms with Crippen molar-refractivity contribution in [3.05, 3.63) is 53.6 Å². The smallest absolute Gasteiger partial charge is 0.142 e. The number of benzene rings is 2. The minimum atomic E-state index is -0.506. The molecule has 1 saturated carbocycles. The summed E-state index contributed by atoms with van der Waals surface area (Å²) in [7, 11) is 1.74. The number of piperidine rings is 1. The van der Waals surface area contributed by atoms with Gasteiger partial charge in [0, 0.05) is 39.3 Å². The van der Waals surface area contributed by atoms with Crippen molar-refractivity contribution in [2.24, 2.45) is 5.92 Å². The zero-order valence-electron chi connectivity index (χ0n) is 22.9. The van der Waals surface area contributed by atoms with E-state index in [1.807, 2.05) is 6.07 Å². The fourth-order valence-corrected chi connectivity index (χ4v) is 6.03. The molecule has 2 aliphatic heterocycles. The standard InChI is InChI=1S/C31H44N2O5/c1-22-4-9-25(10-5-22)38-26-11-7-24(8-12-26)31-28(34)19-32-20-30(31)37-21-23-6-13-29-27(18-23)33(15-17-36-29)14-3-16-35-2/h6-8,11-13,18,22,25,28,30-32,34H,3-5,9-10,14-17,19-21H2,1-2H3/t22?,25?,28?,30?,31-/m0/s1. The number of methoxy groups -OCH3 is 1. The van der Waals surface area contributed by atoms with Gasteiger partial charge in [0.2, 0.25) is 0 Å². The Bertz CT molecular complexity index is 1010. The van der Waals surface area contributed by atoms with Crippen LogP contribution < -0.4 is 19.7 Å². The van der Waals surface area contributed by atoms with Crippen LogP contribution in [0.3, 0.4) is 0 Å². The van der Waals surface area contributed by atoms with Gasteiger partial charge in [-0.3, -0.25) is 0 Å². The van der Waals surface area contributed by atoms with Gasteiger partial charge in [0.15, 0.2) is 0 Å². The van der Waals surface area contributed by atoms with E-state index in [4.69, 9.17) is 18.9 Å². The van der Waals surface area contributed by atoms with Crippen molar-refractivity contribution in [1.29, 1.82) is 0 Å². The predicted octanol–water partition coefficient (Wildman–Crippen LogP) is 4.51. The molecule has 2 heterocycles. The van der Waals surface area contributed by atoms with Crippen molar-refractivity contribution in [1.82, 2.24) is 5.32 Å². The average molecular weight is 525 g/mol. The van der Waals surface area contributed by atoms with Crippen LogP contribution in [0.2, 0.25) is 0 Å². The van der Waals surface area contributed by atoms with Crippen molar-refractivity contribution in [2.45, 2.75) is 69.9 Å². The Morgan fingerprint density at radius 1 is 1.05 bits per heavy atom.